The Morgan fingerprint density at radius 2 is 1.91 bits per heavy atom. The van der Waals surface area contributed by atoms with E-state index < -0.39 is 0 Å². The number of carbonyl (C=O) groups is 1. The van der Waals surface area contributed by atoms with E-state index in [-0.39, 0.29) is 12.5 Å². The largest absolute Gasteiger partial charge is 0.396 e. The van der Waals surface area contributed by atoms with Gasteiger partial charge in [0.05, 0.1) is 6.54 Å². The van der Waals surface area contributed by atoms with Crippen molar-refractivity contribution in [3.63, 3.8) is 0 Å². The monoisotopic (exact) mass is 336 g/mol. The molecule has 1 N–H and O–H groups in total. The Bertz CT molecular complexity index is 540. The van der Waals surface area contributed by atoms with E-state index in [1.165, 1.54) is 0 Å². The fourth-order valence-corrected chi connectivity index (χ4v) is 3.42. The zero-order chi connectivity index (χ0) is 16.2. The second-order valence-electron chi connectivity index (χ2n) is 6.75. The number of hydrogen-bond acceptors (Lipinski definition) is 3. The summed E-state index contributed by atoms with van der Waals surface area (Å²) in [5.74, 6) is 0.610. The van der Waals surface area contributed by atoms with Gasteiger partial charge in [0.25, 0.3) is 0 Å². The van der Waals surface area contributed by atoms with Gasteiger partial charge in [0, 0.05) is 24.2 Å². The average Bonchev–Trinajstić information content (AvgIpc) is 3.39. The second kappa shape index (κ2) is 7.65. The summed E-state index contributed by atoms with van der Waals surface area (Å²) in [5.41, 5.74) is 1.02. The molecule has 1 aliphatic carbocycles. The zero-order valence-electron chi connectivity index (χ0n) is 13.5. The lowest BCUT2D eigenvalue weighted by Crippen LogP contribution is -2.44. The third-order valence-electron chi connectivity index (χ3n) is 4.93. The molecular formula is C18H25ClN2O2. The summed E-state index contributed by atoms with van der Waals surface area (Å²) in [6.45, 7) is 3.17. The van der Waals surface area contributed by atoms with Gasteiger partial charge in [-0.25, -0.2) is 0 Å². The maximum atomic E-state index is 12.8. The SMILES string of the molecule is O=C(CN1CCC(CO)CC1)N(Cc1ccccc1Cl)C1CC1. The maximum Gasteiger partial charge on any atom is 0.237 e. The highest BCUT2D eigenvalue weighted by Crippen LogP contribution is 2.30. The third kappa shape index (κ3) is 4.46. The Balaban J connectivity index is 1.58. The van der Waals surface area contributed by atoms with Gasteiger partial charge in [0.1, 0.15) is 0 Å². The van der Waals surface area contributed by atoms with Crippen molar-refractivity contribution in [2.75, 3.05) is 26.2 Å². The van der Waals surface area contributed by atoms with Crippen LogP contribution in [0.3, 0.4) is 0 Å². The molecule has 0 radical (unpaired) electrons. The highest BCUT2D eigenvalue weighted by Gasteiger charge is 2.33. The Hall–Kier alpha value is -1.10. The van der Waals surface area contributed by atoms with E-state index in [4.69, 9.17) is 11.6 Å². The van der Waals surface area contributed by atoms with Gasteiger partial charge in [0.15, 0.2) is 0 Å². The van der Waals surface area contributed by atoms with Crippen molar-refractivity contribution in [3.05, 3.63) is 34.9 Å². The van der Waals surface area contributed by atoms with Gasteiger partial charge in [-0.2, -0.15) is 0 Å². The standard InChI is InChI=1S/C18H25ClN2O2/c19-17-4-2-1-3-15(17)11-21(16-5-6-16)18(23)12-20-9-7-14(13-22)8-10-20/h1-4,14,16,22H,5-13H2. The Labute approximate surface area is 143 Å². The van der Waals surface area contributed by atoms with Gasteiger partial charge in [0.2, 0.25) is 5.91 Å². The predicted octanol–water partition coefficient (Wildman–Crippen LogP) is 2.54. The molecule has 1 amide bonds. The van der Waals surface area contributed by atoms with E-state index in [0.29, 0.717) is 25.0 Å². The Morgan fingerprint density at radius 3 is 2.52 bits per heavy atom. The van der Waals surface area contributed by atoms with E-state index in [1.54, 1.807) is 0 Å². The molecule has 1 aromatic carbocycles. The van der Waals surface area contributed by atoms with Crippen LogP contribution in [0.2, 0.25) is 5.02 Å². The molecule has 1 saturated heterocycles. The summed E-state index contributed by atoms with van der Waals surface area (Å²) in [5, 5.41) is 9.94. The van der Waals surface area contributed by atoms with E-state index in [0.717, 1.165) is 49.4 Å². The van der Waals surface area contributed by atoms with Crippen LogP contribution in [-0.2, 0) is 11.3 Å². The summed E-state index contributed by atoms with van der Waals surface area (Å²) in [6, 6.07) is 8.15. The first-order valence-corrected chi connectivity index (χ1v) is 8.91. The van der Waals surface area contributed by atoms with Crippen molar-refractivity contribution in [2.45, 2.75) is 38.3 Å². The molecule has 126 valence electrons. The molecule has 1 heterocycles. The van der Waals surface area contributed by atoms with Crippen LogP contribution in [0.25, 0.3) is 0 Å². The summed E-state index contributed by atoms with van der Waals surface area (Å²) in [4.78, 5) is 17.0. The molecule has 0 atom stereocenters. The van der Waals surface area contributed by atoms with E-state index in [2.05, 4.69) is 4.90 Å². The first-order valence-electron chi connectivity index (χ1n) is 8.53. The lowest BCUT2D eigenvalue weighted by Gasteiger charge is -2.32. The molecule has 1 aromatic rings. The average molecular weight is 337 g/mol. The number of nitrogens with zero attached hydrogens (tertiary/aromatic N) is 2. The molecular weight excluding hydrogens is 312 g/mol. The van der Waals surface area contributed by atoms with Gasteiger partial charge >= 0.3 is 0 Å². The Kier molecular flexibility index (Phi) is 5.57. The number of hydrogen-bond donors (Lipinski definition) is 1. The quantitative estimate of drug-likeness (QED) is 0.868. The molecule has 1 saturated carbocycles. The van der Waals surface area contributed by atoms with Gasteiger partial charge in [-0.1, -0.05) is 29.8 Å². The van der Waals surface area contributed by atoms with Crippen LogP contribution in [0.5, 0.6) is 0 Å². The number of halogens is 1. The molecule has 0 bridgehead atoms. The summed E-state index contributed by atoms with van der Waals surface area (Å²) >= 11 is 6.25. The number of amides is 1. The van der Waals surface area contributed by atoms with Gasteiger partial charge < -0.3 is 10.0 Å². The smallest absolute Gasteiger partial charge is 0.237 e. The van der Waals surface area contributed by atoms with Crippen molar-refractivity contribution in [1.82, 2.24) is 9.80 Å². The topological polar surface area (TPSA) is 43.8 Å². The molecule has 0 spiro atoms. The number of likely N-dealkylation sites (tertiary alicyclic amines) is 1. The molecule has 3 rings (SSSR count). The number of rotatable bonds is 6. The van der Waals surface area contributed by atoms with E-state index in [1.807, 2.05) is 29.2 Å². The highest BCUT2D eigenvalue weighted by molar-refractivity contribution is 6.31. The minimum atomic E-state index is 0.204. The van der Waals surface area contributed by atoms with Crippen molar-refractivity contribution in [2.24, 2.45) is 5.92 Å². The molecule has 2 aliphatic rings. The number of piperidine rings is 1. The summed E-state index contributed by atoms with van der Waals surface area (Å²) < 4.78 is 0. The van der Waals surface area contributed by atoms with Crippen molar-refractivity contribution < 1.29 is 9.90 Å². The van der Waals surface area contributed by atoms with Crippen LogP contribution >= 0.6 is 11.6 Å². The van der Waals surface area contributed by atoms with Crippen LogP contribution in [0.1, 0.15) is 31.2 Å². The number of carbonyl (C=O) groups excluding carboxylic acids is 1. The van der Waals surface area contributed by atoms with Crippen molar-refractivity contribution in [3.8, 4) is 0 Å². The van der Waals surface area contributed by atoms with E-state index >= 15 is 0 Å². The number of benzene rings is 1. The summed E-state index contributed by atoms with van der Waals surface area (Å²) in [6.07, 6.45) is 4.17. The van der Waals surface area contributed by atoms with Gasteiger partial charge in [-0.15, -0.1) is 0 Å². The van der Waals surface area contributed by atoms with Crippen molar-refractivity contribution in [1.29, 1.82) is 0 Å². The second-order valence-corrected chi connectivity index (χ2v) is 7.15. The first kappa shape index (κ1) is 16.7. The maximum absolute atomic E-state index is 12.8. The van der Waals surface area contributed by atoms with Crippen LogP contribution in [-0.4, -0.2) is 53.1 Å². The van der Waals surface area contributed by atoms with Crippen LogP contribution in [0, 0.1) is 5.92 Å². The van der Waals surface area contributed by atoms with E-state index in [9.17, 15) is 9.90 Å². The number of aliphatic hydroxyl groups is 1. The molecule has 0 unspecified atom stereocenters. The zero-order valence-corrected chi connectivity index (χ0v) is 14.2. The van der Waals surface area contributed by atoms with Gasteiger partial charge in [-0.3, -0.25) is 9.69 Å². The fourth-order valence-electron chi connectivity index (χ4n) is 3.23. The fraction of sp³-hybridized carbons (Fsp3) is 0.611. The van der Waals surface area contributed by atoms with Crippen LogP contribution in [0.4, 0.5) is 0 Å². The minimum absolute atomic E-state index is 0.204. The Morgan fingerprint density at radius 1 is 1.22 bits per heavy atom. The number of aliphatic hydroxyl groups excluding tert-OH is 1. The molecule has 0 aromatic heterocycles. The normalized spacial score (nSPS) is 19.7. The third-order valence-corrected chi connectivity index (χ3v) is 5.30. The molecule has 1 aliphatic heterocycles. The van der Waals surface area contributed by atoms with Crippen LogP contribution in [0.15, 0.2) is 24.3 Å². The molecule has 2 fully saturated rings. The van der Waals surface area contributed by atoms with Crippen LogP contribution < -0.4 is 0 Å². The lowest BCUT2D eigenvalue weighted by atomic mass is 9.98. The summed E-state index contributed by atoms with van der Waals surface area (Å²) in [7, 11) is 0. The predicted molar refractivity (Wildman–Crippen MR) is 91.3 cm³/mol. The molecule has 4 nitrogen and oxygen atoms in total. The molecule has 23 heavy (non-hydrogen) atoms. The molecule has 5 heteroatoms. The minimum Gasteiger partial charge on any atom is -0.396 e. The van der Waals surface area contributed by atoms with Gasteiger partial charge in [-0.05, 0) is 56.3 Å². The first-order chi connectivity index (χ1) is 11.2. The lowest BCUT2D eigenvalue weighted by molar-refractivity contribution is -0.134. The highest BCUT2D eigenvalue weighted by atomic mass is 35.5. The van der Waals surface area contributed by atoms with Crippen molar-refractivity contribution >= 4 is 17.5 Å².